The zero-order chi connectivity index (χ0) is 12.8. The maximum absolute atomic E-state index is 5.87. The third-order valence-electron chi connectivity index (χ3n) is 3.22. The molecular formula is C12H22N6. The molecule has 0 unspecified atom stereocenters. The van der Waals surface area contributed by atoms with E-state index in [4.69, 9.17) is 5.73 Å². The van der Waals surface area contributed by atoms with Crippen LogP contribution in [0.2, 0.25) is 0 Å². The molecule has 1 aliphatic carbocycles. The number of nitrogens with two attached hydrogens (primary N) is 1. The highest BCUT2D eigenvalue weighted by atomic mass is 15.3. The van der Waals surface area contributed by atoms with E-state index in [0.29, 0.717) is 18.5 Å². The fourth-order valence-corrected chi connectivity index (χ4v) is 2.28. The van der Waals surface area contributed by atoms with Crippen LogP contribution in [0.5, 0.6) is 0 Å². The molecule has 1 aromatic heterocycles. The van der Waals surface area contributed by atoms with Crippen LogP contribution in [0.3, 0.4) is 0 Å². The van der Waals surface area contributed by atoms with Crippen LogP contribution in [0, 0.1) is 0 Å². The number of guanidine groups is 1. The Morgan fingerprint density at radius 1 is 1.50 bits per heavy atom. The van der Waals surface area contributed by atoms with E-state index in [1.165, 1.54) is 32.1 Å². The average Bonchev–Trinajstić information content (AvgIpc) is 2.76. The van der Waals surface area contributed by atoms with E-state index in [2.05, 4.69) is 20.4 Å². The Balaban J connectivity index is 1.71. The molecule has 1 fully saturated rings. The molecule has 0 amide bonds. The van der Waals surface area contributed by atoms with Crippen LogP contribution in [0.25, 0.3) is 0 Å². The van der Waals surface area contributed by atoms with Crippen LogP contribution in [0.4, 0.5) is 0 Å². The van der Waals surface area contributed by atoms with Gasteiger partial charge in [0, 0.05) is 26.1 Å². The summed E-state index contributed by atoms with van der Waals surface area (Å²) in [6, 6.07) is 0.510. The average molecular weight is 250 g/mol. The van der Waals surface area contributed by atoms with Crippen molar-refractivity contribution in [2.45, 2.75) is 44.6 Å². The number of rotatable bonds is 4. The molecule has 6 nitrogen and oxygen atoms in total. The zero-order valence-electron chi connectivity index (χ0n) is 11.0. The summed E-state index contributed by atoms with van der Waals surface area (Å²) in [7, 11) is 1.86. The normalized spacial score (nSPS) is 17.9. The number of nitrogens with zero attached hydrogens (tertiary/aromatic N) is 4. The van der Waals surface area contributed by atoms with E-state index < -0.39 is 0 Å². The first-order valence-electron chi connectivity index (χ1n) is 6.65. The van der Waals surface area contributed by atoms with E-state index in [0.717, 1.165) is 12.2 Å². The lowest BCUT2D eigenvalue weighted by Crippen LogP contribution is -2.41. The first-order chi connectivity index (χ1) is 8.74. The van der Waals surface area contributed by atoms with Crippen molar-refractivity contribution in [1.29, 1.82) is 0 Å². The van der Waals surface area contributed by atoms with Gasteiger partial charge in [0.2, 0.25) is 0 Å². The molecule has 1 aromatic rings. The Kier molecular flexibility index (Phi) is 4.55. The maximum Gasteiger partial charge on any atom is 0.188 e. The van der Waals surface area contributed by atoms with Gasteiger partial charge in [-0.15, -0.1) is 0 Å². The minimum atomic E-state index is 0.510. The summed E-state index contributed by atoms with van der Waals surface area (Å²) in [4.78, 5) is 8.47. The number of aryl methyl sites for hydroxylation is 1. The fraction of sp³-hybridized carbons (Fsp3) is 0.750. The van der Waals surface area contributed by atoms with E-state index >= 15 is 0 Å². The number of nitrogens with one attached hydrogen (secondary N) is 1. The van der Waals surface area contributed by atoms with Gasteiger partial charge in [-0.3, -0.25) is 9.67 Å². The predicted octanol–water partition coefficient (Wildman–Crippen LogP) is 0.595. The van der Waals surface area contributed by atoms with E-state index in [1.807, 2.05) is 7.05 Å². The van der Waals surface area contributed by atoms with Crippen LogP contribution in [-0.2, 0) is 13.5 Å². The van der Waals surface area contributed by atoms with Gasteiger partial charge < -0.3 is 11.1 Å². The largest absolute Gasteiger partial charge is 0.370 e. The van der Waals surface area contributed by atoms with E-state index in [9.17, 15) is 0 Å². The molecule has 1 saturated carbocycles. The summed E-state index contributed by atoms with van der Waals surface area (Å²) < 4.78 is 1.70. The molecule has 0 atom stereocenters. The lowest BCUT2D eigenvalue weighted by molar-refractivity contribution is 0.412. The topological polar surface area (TPSA) is 81.1 Å². The van der Waals surface area contributed by atoms with Crippen LogP contribution in [0.15, 0.2) is 11.3 Å². The van der Waals surface area contributed by atoms with Crippen LogP contribution in [-0.4, -0.2) is 33.3 Å². The highest BCUT2D eigenvalue weighted by molar-refractivity contribution is 5.78. The standard InChI is InChI=1S/C12H22N6/c1-18-9-15-11(17-18)7-8-14-12(13)16-10-5-3-2-4-6-10/h9-10H,2-8H2,1H3,(H3,13,14,16). The van der Waals surface area contributed by atoms with Gasteiger partial charge in [-0.25, -0.2) is 4.98 Å². The van der Waals surface area contributed by atoms with Crippen LogP contribution >= 0.6 is 0 Å². The summed E-state index contributed by atoms with van der Waals surface area (Å²) >= 11 is 0. The second-order valence-corrected chi connectivity index (χ2v) is 4.83. The lowest BCUT2D eigenvalue weighted by Gasteiger charge is -2.23. The number of hydrogen-bond acceptors (Lipinski definition) is 3. The molecule has 2 rings (SSSR count). The van der Waals surface area contributed by atoms with Crippen molar-refractivity contribution in [2.24, 2.45) is 17.8 Å². The molecule has 18 heavy (non-hydrogen) atoms. The highest BCUT2D eigenvalue weighted by Gasteiger charge is 2.13. The van der Waals surface area contributed by atoms with Crippen LogP contribution < -0.4 is 11.1 Å². The van der Waals surface area contributed by atoms with Crippen molar-refractivity contribution in [3.05, 3.63) is 12.2 Å². The zero-order valence-corrected chi connectivity index (χ0v) is 11.0. The molecule has 100 valence electrons. The minimum absolute atomic E-state index is 0.510. The lowest BCUT2D eigenvalue weighted by atomic mass is 9.96. The van der Waals surface area contributed by atoms with E-state index in [-0.39, 0.29) is 0 Å². The van der Waals surface area contributed by atoms with E-state index in [1.54, 1.807) is 11.0 Å². The molecule has 1 aliphatic rings. The fourth-order valence-electron chi connectivity index (χ4n) is 2.28. The van der Waals surface area contributed by atoms with Gasteiger partial charge in [0.05, 0.1) is 0 Å². The van der Waals surface area contributed by atoms with Gasteiger partial charge in [-0.2, -0.15) is 5.10 Å². The number of aromatic nitrogens is 3. The Morgan fingerprint density at radius 2 is 2.28 bits per heavy atom. The van der Waals surface area contributed by atoms with Crippen molar-refractivity contribution >= 4 is 5.96 Å². The van der Waals surface area contributed by atoms with Crippen LogP contribution in [0.1, 0.15) is 37.9 Å². The summed E-state index contributed by atoms with van der Waals surface area (Å²) in [6.45, 7) is 0.634. The summed E-state index contributed by atoms with van der Waals surface area (Å²) in [5.74, 6) is 1.37. The van der Waals surface area contributed by atoms with Gasteiger partial charge in [0.25, 0.3) is 0 Å². The number of aliphatic imine (C=N–C) groups is 1. The maximum atomic E-state index is 5.87. The molecule has 0 aromatic carbocycles. The second kappa shape index (κ2) is 6.37. The Bertz CT molecular complexity index is 391. The molecule has 0 bridgehead atoms. The molecule has 0 spiro atoms. The Labute approximate surface area is 108 Å². The summed E-state index contributed by atoms with van der Waals surface area (Å²) in [5.41, 5.74) is 5.87. The highest BCUT2D eigenvalue weighted by Crippen LogP contribution is 2.16. The van der Waals surface area contributed by atoms with Gasteiger partial charge in [0.1, 0.15) is 6.33 Å². The first kappa shape index (κ1) is 12.9. The molecule has 0 aliphatic heterocycles. The molecule has 1 heterocycles. The summed E-state index contributed by atoms with van der Waals surface area (Å²) in [6.07, 6.45) is 8.78. The van der Waals surface area contributed by atoms with Gasteiger partial charge in [-0.05, 0) is 12.8 Å². The third-order valence-corrected chi connectivity index (χ3v) is 3.22. The van der Waals surface area contributed by atoms with Gasteiger partial charge in [-0.1, -0.05) is 19.3 Å². The molecule has 0 radical (unpaired) electrons. The molecular weight excluding hydrogens is 228 g/mol. The minimum Gasteiger partial charge on any atom is -0.370 e. The van der Waals surface area contributed by atoms with Crippen molar-refractivity contribution in [1.82, 2.24) is 20.1 Å². The monoisotopic (exact) mass is 250 g/mol. The first-order valence-corrected chi connectivity index (χ1v) is 6.65. The Hall–Kier alpha value is -1.59. The second-order valence-electron chi connectivity index (χ2n) is 4.83. The van der Waals surface area contributed by atoms with Gasteiger partial charge in [0.15, 0.2) is 11.8 Å². The van der Waals surface area contributed by atoms with Crippen molar-refractivity contribution < 1.29 is 0 Å². The predicted molar refractivity (Wildman–Crippen MR) is 71.2 cm³/mol. The number of hydrogen-bond donors (Lipinski definition) is 2. The molecule has 3 N–H and O–H groups in total. The van der Waals surface area contributed by atoms with Crippen molar-refractivity contribution in [2.75, 3.05) is 6.54 Å². The summed E-state index contributed by atoms with van der Waals surface area (Å²) in [5, 5.41) is 7.49. The van der Waals surface area contributed by atoms with Gasteiger partial charge >= 0.3 is 0 Å². The van der Waals surface area contributed by atoms with Crippen molar-refractivity contribution in [3.63, 3.8) is 0 Å². The molecule has 0 saturated heterocycles. The van der Waals surface area contributed by atoms with Crippen molar-refractivity contribution in [3.8, 4) is 0 Å². The Morgan fingerprint density at radius 3 is 2.94 bits per heavy atom. The molecule has 6 heteroatoms. The quantitative estimate of drug-likeness (QED) is 0.605. The SMILES string of the molecule is Cn1cnc(CCN=C(N)NC2CCCCC2)n1. The smallest absolute Gasteiger partial charge is 0.188 e. The third kappa shape index (κ3) is 4.01.